The van der Waals surface area contributed by atoms with Gasteiger partial charge in [0.1, 0.15) is 0 Å². The Morgan fingerprint density at radius 3 is 3.00 bits per heavy atom. The van der Waals surface area contributed by atoms with E-state index in [9.17, 15) is 0 Å². The fourth-order valence-corrected chi connectivity index (χ4v) is 4.11. The van der Waals surface area contributed by atoms with Gasteiger partial charge in [0.25, 0.3) is 0 Å². The average Bonchev–Trinajstić information content (AvgIpc) is 2.97. The van der Waals surface area contributed by atoms with Crippen molar-refractivity contribution >= 4 is 11.3 Å². The van der Waals surface area contributed by atoms with Crippen LogP contribution in [0.1, 0.15) is 42.0 Å². The molecule has 0 spiro atoms. The van der Waals surface area contributed by atoms with Gasteiger partial charge in [0.15, 0.2) is 0 Å². The zero-order valence-electron chi connectivity index (χ0n) is 9.33. The molecule has 1 fully saturated rings. The molecule has 0 aliphatic heterocycles. The Labute approximate surface area is 95.9 Å². The van der Waals surface area contributed by atoms with Gasteiger partial charge in [-0.3, -0.25) is 0 Å². The van der Waals surface area contributed by atoms with Crippen LogP contribution in [-0.2, 0) is 6.42 Å². The van der Waals surface area contributed by atoms with E-state index in [1.165, 1.54) is 32.1 Å². The van der Waals surface area contributed by atoms with E-state index in [1.807, 2.05) is 11.3 Å². The summed E-state index contributed by atoms with van der Waals surface area (Å²) in [7, 11) is 2.14. The molecule has 3 rings (SSSR count). The molecule has 2 atom stereocenters. The highest BCUT2D eigenvalue weighted by molar-refractivity contribution is 7.10. The molecule has 1 aromatic heterocycles. The van der Waals surface area contributed by atoms with Crippen LogP contribution >= 0.6 is 11.3 Å². The molecule has 0 aromatic carbocycles. The lowest BCUT2D eigenvalue weighted by atomic mass is 9.81. The van der Waals surface area contributed by atoms with E-state index in [2.05, 4.69) is 23.8 Å². The standard InChI is InChI=1S/C13H19NS/c1-14-13(9-5-6-9)11-3-2-4-12-10(11)7-8-15-12/h7-9,11,13-14H,2-6H2,1H3. The van der Waals surface area contributed by atoms with Gasteiger partial charge in [-0.15, -0.1) is 11.3 Å². The van der Waals surface area contributed by atoms with Crippen LogP contribution in [0.25, 0.3) is 0 Å². The van der Waals surface area contributed by atoms with Crippen molar-refractivity contribution in [1.82, 2.24) is 5.32 Å². The van der Waals surface area contributed by atoms with Crippen molar-refractivity contribution in [2.45, 2.75) is 44.1 Å². The number of nitrogens with one attached hydrogen (secondary N) is 1. The van der Waals surface area contributed by atoms with Crippen molar-refractivity contribution < 1.29 is 0 Å². The molecular formula is C13H19NS. The minimum Gasteiger partial charge on any atom is -0.316 e. The van der Waals surface area contributed by atoms with E-state index in [4.69, 9.17) is 0 Å². The number of hydrogen-bond donors (Lipinski definition) is 1. The molecule has 0 amide bonds. The van der Waals surface area contributed by atoms with Crippen molar-refractivity contribution in [3.05, 3.63) is 21.9 Å². The number of aryl methyl sites for hydroxylation is 1. The summed E-state index contributed by atoms with van der Waals surface area (Å²) in [5.41, 5.74) is 1.66. The number of likely N-dealkylation sites (N-methyl/N-ethyl adjacent to an activating group) is 1. The summed E-state index contributed by atoms with van der Waals surface area (Å²) >= 11 is 1.96. The third-order valence-corrected chi connectivity index (χ3v) is 4.99. The predicted molar refractivity (Wildman–Crippen MR) is 65.6 cm³/mol. The molecule has 2 aliphatic carbocycles. The monoisotopic (exact) mass is 221 g/mol. The second kappa shape index (κ2) is 3.91. The number of rotatable bonds is 3. The van der Waals surface area contributed by atoms with Crippen LogP contribution in [0.4, 0.5) is 0 Å². The summed E-state index contributed by atoms with van der Waals surface area (Å²) < 4.78 is 0. The zero-order valence-corrected chi connectivity index (χ0v) is 10.1. The number of hydrogen-bond acceptors (Lipinski definition) is 2. The van der Waals surface area contributed by atoms with E-state index < -0.39 is 0 Å². The Balaban J connectivity index is 1.87. The lowest BCUT2D eigenvalue weighted by Crippen LogP contribution is -2.35. The topological polar surface area (TPSA) is 12.0 Å². The van der Waals surface area contributed by atoms with Crippen LogP contribution in [0.3, 0.4) is 0 Å². The van der Waals surface area contributed by atoms with Gasteiger partial charge in [0.2, 0.25) is 0 Å². The van der Waals surface area contributed by atoms with E-state index in [0.29, 0.717) is 0 Å². The maximum absolute atomic E-state index is 3.57. The highest BCUT2D eigenvalue weighted by Gasteiger charge is 2.37. The van der Waals surface area contributed by atoms with Gasteiger partial charge in [-0.1, -0.05) is 0 Å². The SMILES string of the molecule is CNC(C1CC1)C1CCCc2sccc21. The summed E-state index contributed by atoms with van der Waals surface area (Å²) in [5, 5.41) is 5.85. The molecule has 2 unspecified atom stereocenters. The van der Waals surface area contributed by atoms with Gasteiger partial charge < -0.3 is 5.32 Å². The van der Waals surface area contributed by atoms with Crippen molar-refractivity contribution in [1.29, 1.82) is 0 Å². The summed E-state index contributed by atoms with van der Waals surface area (Å²) in [4.78, 5) is 1.66. The van der Waals surface area contributed by atoms with E-state index in [1.54, 1.807) is 10.4 Å². The molecule has 0 saturated heterocycles. The summed E-state index contributed by atoms with van der Waals surface area (Å²) in [6.45, 7) is 0. The smallest absolute Gasteiger partial charge is 0.0161 e. The first-order chi connectivity index (χ1) is 7.40. The molecule has 1 heterocycles. The van der Waals surface area contributed by atoms with Gasteiger partial charge >= 0.3 is 0 Å². The van der Waals surface area contributed by atoms with Crippen molar-refractivity contribution in [3.63, 3.8) is 0 Å². The molecule has 0 radical (unpaired) electrons. The Morgan fingerprint density at radius 1 is 1.40 bits per heavy atom. The third-order valence-electron chi connectivity index (χ3n) is 4.00. The number of fused-ring (bicyclic) bond motifs is 1. The third kappa shape index (κ3) is 1.74. The maximum Gasteiger partial charge on any atom is 0.0161 e. The van der Waals surface area contributed by atoms with Crippen molar-refractivity contribution in [2.75, 3.05) is 7.05 Å². The molecule has 15 heavy (non-hydrogen) atoms. The molecule has 1 aromatic rings. The first-order valence-electron chi connectivity index (χ1n) is 6.13. The second-order valence-electron chi connectivity index (χ2n) is 4.95. The summed E-state index contributed by atoms with van der Waals surface area (Å²) in [6.07, 6.45) is 7.00. The average molecular weight is 221 g/mol. The van der Waals surface area contributed by atoms with Gasteiger partial charge in [0, 0.05) is 16.8 Å². The van der Waals surface area contributed by atoms with E-state index in [-0.39, 0.29) is 0 Å². The predicted octanol–water partition coefficient (Wildman–Crippen LogP) is 3.17. The Hall–Kier alpha value is -0.340. The molecule has 1 nitrogen and oxygen atoms in total. The quantitative estimate of drug-likeness (QED) is 0.826. The highest BCUT2D eigenvalue weighted by atomic mass is 32.1. The van der Waals surface area contributed by atoms with Crippen LogP contribution in [0.5, 0.6) is 0 Å². The normalized spacial score (nSPS) is 27.4. The molecular weight excluding hydrogens is 202 g/mol. The molecule has 1 N–H and O–H groups in total. The zero-order chi connectivity index (χ0) is 10.3. The number of thiophene rings is 1. The largest absolute Gasteiger partial charge is 0.316 e. The molecule has 2 aliphatic rings. The highest BCUT2D eigenvalue weighted by Crippen LogP contribution is 2.44. The minimum atomic E-state index is 0.749. The van der Waals surface area contributed by atoms with Crippen molar-refractivity contribution in [2.24, 2.45) is 5.92 Å². The Morgan fingerprint density at radius 2 is 2.27 bits per heavy atom. The van der Waals surface area contributed by atoms with Gasteiger partial charge in [-0.25, -0.2) is 0 Å². The van der Waals surface area contributed by atoms with Gasteiger partial charge in [-0.2, -0.15) is 0 Å². The molecule has 82 valence electrons. The van der Waals surface area contributed by atoms with Crippen LogP contribution in [0.15, 0.2) is 11.4 Å². The summed E-state index contributed by atoms with van der Waals surface area (Å²) in [5.74, 6) is 1.77. The molecule has 0 bridgehead atoms. The summed E-state index contributed by atoms with van der Waals surface area (Å²) in [6, 6.07) is 3.12. The lowest BCUT2D eigenvalue weighted by molar-refractivity contribution is 0.381. The molecule has 1 saturated carbocycles. The van der Waals surface area contributed by atoms with Gasteiger partial charge in [0.05, 0.1) is 0 Å². The van der Waals surface area contributed by atoms with Crippen LogP contribution in [0.2, 0.25) is 0 Å². The van der Waals surface area contributed by atoms with Gasteiger partial charge in [-0.05, 0) is 62.1 Å². The van der Waals surface area contributed by atoms with Crippen LogP contribution in [-0.4, -0.2) is 13.1 Å². The van der Waals surface area contributed by atoms with E-state index >= 15 is 0 Å². The van der Waals surface area contributed by atoms with Crippen LogP contribution in [0, 0.1) is 5.92 Å². The lowest BCUT2D eigenvalue weighted by Gasteiger charge is -2.30. The Kier molecular flexibility index (Phi) is 2.57. The van der Waals surface area contributed by atoms with E-state index in [0.717, 1.165) is 17.9 Å². The van der Waals surface area contributed by atoms with Crippen LogP contribution < -0.4 is 5.32 Å². The fourth-order valence-electron chi connectivity index (χ4n) is 3.12. The fraction of sp³-hybridized carbons (Fsp3) is 0.692. The minimum absolute atomic E-state index is 0.749. The maximum atomic E-state index is 3.57. The van der Waals surface area contributed by atoms with Crippen molar-refractivity contribution in [3.8, 4) is 0 Å². The first kappa shape index (κ1) is 9.86. The second-order valence-corrected chi connectivity index (χ2v) is 5.95. The first-order valence-corrected chi connectivity index (χ1v) is 7.01. The molecule has 2 heteroatoms. The Bertz CT molecular complexity index is 340.